The minimum Gasteiger partial charge on any atom is -0.503 e. The highest BCUT2D eigenvalue weighted by molar-refractivity contribution is 6.32. The number of hydrogen-bond donors (Lipinski definition) is 2. The molecule has 0 fully saturated rings. The van der Waals surface area contributed by atoms with Gasteiger partial charge in [-0.2, -0.15) is 0 Å². The summed E-state index contributed by atoms with van der Waals surface area (Å²) in [4.78, 5) is 18.2. The van der Waals surface area contributed by atoms with Crippen molar-refractivity contribution in [3.05, 3.63) is 76.9 Å². The number of rotatable bonds is 9. The molecule has 4 aromatic rings. The van der Waals surface area contributed by atoms with Gasteiger partial charge in [0.05, 0.1) is 23.3 Å². The number of aldehydes is 1. The van der Waals surface area contributed by atoms with Gasteiger partial charge in [-0.15, -0.1) is 0 Å². The number of aromatic hydroxyl groups is 1. The molecule has 1 aromatic heterocycles. The molecule has 180 valence electrons. The lowest BCUT2D eigenvalue weighted by atomic mass is 10.00. The van der Waals surface area contributed by atoms with Crippen LogP contribution in [0.3, 0.4) is 0 Å². The maximum Gasteiger partial charge on any atom is 0.176 e. The number of methoxy groups -OCH3 is 1. The van der Waals surface area contributed by atoms with Crippen molar-refractivity contribution in [2.45, 2.75) is 12.8 Å². The first-order valence-electron chi connectivity index (χ1n) is 11.3. The number of nitrogens with one attached hydrogen (secondary N) is 1. The zero-order chi connectivity index (χ0) is 24.9. The van der Waals surface area contributed by atoms with Crippen molar-refractivity contribution in [1.29, 1.82) is 0 Å². The lowest BCUT2D eigenvalue weighted by molar-refractivity contribution is -0.107. The van der Waals surface area contributed by atoms with Crippen LogP contribution in [-0.2, 0) is 17.6 Å². The largest absolute Gasteiger partial charge is 0.503 e. The van der Waals surface area contributed by atoms with E-state index in [-0.39, 0.29) is 17.2 Å². The van der Waals surface area contributed by atoms with Crippen molar-refractivity contribution in [1.82, 2.24) is 9.88 Å². The number of halogens is 1. The quantitative estimate of drug-likeness (QED) is 0.287. The van der Waals surface area contributed by atoms with E-state index in [0.717, 1.165) is 58.2 Å². The second-order valence-electron chi connectivity index (χ2n) is 8.65. The Bertz CT molecular complexity index is 1370. The van der Waals surface area contributed by atoms with Gasteiger partial charge in [-0.25, -0.2) is 0 Å². The van der Waals surface area contributed by atoms with E-state index >= 15 is 0 Å². The van der Waals surface area contributed by atoms with Crippen LogP contribution < -0.4 is 10.1 Å². The number of phenols is 1. The topological polar surface area (TPSA) is 74.7 Å². The molecular weight excluding hydrogens is 462 g/mol. The number of phenolic OH excluding ortho intramolecular Hbond substituents is 1. The average Bonchev–Trinajstić information content (AvgIpc) is 2.86. The van der Waals surface area contributed by atoms with Crippen LogP contribution >= 0.6 is 11.6 Å². The summed E-state index contributed by atoms with van der Waals surface area (Å²) in [5, 5.41) is 14.8. The number of nitrogens with zero attached hydrogens (tertiary/aromatic N) is 2. The number of likely N-dealkylation sites (N-methyl/N-ethyl adjacent to an activating group) is 1. The van der Waals surface area contributed by atoms with Crippen LogP contribution in [0.4, 0.5) is 11.4 Å². The predicted molar refractivity (Wildman–Crippen MR) is 142 cm³/mol. The molecule has 3 aromatic carbocycles. The molecule has 4 rings (SSSR count). The number of fused-ring (bicyclic) bond motifs is 1. The van der Waals surface area contributed by atoms with E-state index in [1.54, 1.807) is 18.3 Å². The normalized spacial score (nSPS) is 11.1. The SMILES string of the molecule is COc1cc(-c2ccc3ncc(CC=O)c(Nc4cccc(CCN(C)C)c4)c3c2)cc(Cl)c1O. The maximum absolute atomic E-state index is 11.4. The van der Waals surface area contributed by atoms with Gasteiger partial charge in [0.1, 0.15) is 6.29 Å². The molecule has 35 heavy (non-hydrogen) atoms. The van der Waals surface area contributed by atoms with Gasteiger partial charge in [0, 0.05) is 35.8 Å². The molecule has 1 heterocycles. The standard InChI is InChI=1S/C28H28ClN3O3/c1-32(2)11-9-18-5-4-6-22(13-18)31-27-20(10-12-33)17-30-25-8-7-19(14-23(25)27)21-15-24(29)28(34)26(16-21)35-3/h4-8,12-17,34H,9-11H2,1-3H3,(H,30,31). The summed E-state index contributed by atoms with van der Waals surface area (Å²) >= 11 is 6.23. The molecule has 2 N–H and O–H groups in total. The Hall–Kier alpha value is -3.61. The minimum atomic E-state index is -0.0925. The number of ether oxygens (including phenoxy) is 1. The molecule has 0 radical (unpaired) electrons. The number of benzene rings is 3. The molecule has 0 amide bonds. The fraction of sp³-hybridized carbons (Fsp3) is 0.214. The summed E-state index contributed by atoms with van der Waals surface area (Å²) in [7, 11) is 5.61. The van der Waals surface area contributed by atoms with E-state index in [1.165, 1.54) is 12.7 Å². The van der Waals surface area contributed by atoms with E-state index in [9.17, 15) is 9.90 Å². The van der Waals surface area contributed by atoms with Gasteiger partial charge in [-0.05, 0) is 73.6 Å². The van der Waals surface area contributed by atoms with Crippen molar-refractivity contribution in [2.24, 2.45) is 0 Å². The summed E-state index contributed by atoms with van der Waals surface area (Å²) in [6, 6.07) is 17.6. The first-order valence-corrected chi connectivity index (χ1v) is 11.7. The highest BCUT2D eigenvalue weighted by Gasteiger charge is 2.14. The molecule has 0 aliphatic rings. The fourth-order valence-electron chi connectivity index (χ4n) is 4.00. The molecule has 0 saturated heterocycles. The number of hydrogen-bond acceptors (Lipinski definition) is 6. The zero-order valence-corrected chi connectivity index (χ0v) is 20.8. The second kappa shape index (κ2) is 10.8. The molecule has 0 spiro atoms. The van der Waals surface area contributed by atoms with Gasteiger partial charge in [-0.3, -0.25) is 4.98 Å². The zero-order valence-electron chi connectivity index (χ0n) is 20.0. The molecule has 7 heteroatoms. The molecule has 0 bridgehead atoms. The highest BCUT2D eigenvalue weighted by Crippen LogP contribution is 2.40. The highest BCUT2D eigenvalue weighted by atomic mass is 35.5. The van der Waals surface area contributed by atoms with Crippen LogP contribution in [0, 0.1) is 0 Å². The predicted octanol–water partition coefficient (Wildman–Crippen LogP) is 5.86. The smallest absolute Gasteiger partial charge is 0.176 e. The van der Waals surface area contributed by atoms with Gasteiger partial charge in [0.15, 0.2) is 11.5 Å². The van der Waals surface area contributed by atoms with E-state index in [0.29, 0.717) is 5.75 Å². The van der Waals surface area contributed by atoms with Crippen LogP contribution in [0.5, 0.6) is 11.5 Å². The maximum atomic E-state index is 11.4. The van der Waals surface area contributed by atoms with E-state index < -0.39 is 0 Å². The third-order valence-corrected chi connectivity index (χ3v) is 6.16. The Kier molecular flexibility index (Phi) is 7.54. The number of aromatic nitrogens is 1. The summed E-state index contributed by atoms with van der Waals surface area (Å²) in [6.45, 7) is 0.958. The van der Waals surface area contributed by atoms with Gasteiger partial charge < -0.3 is 24.9 Å². The second-order valence-corrected chi connectivity index (χ2v) is 9.06. The Labute approximate surface area is 210 Å². The molecule has 0 saturated carbocycles. The van der Waals surface area contributed by atoms with Crippen LogP contribution in [0.15, 0.2) is 60.8 Å². The van der Waals surface area contributed by atoms with E-state index in [2.05, 4.69) is 41.4 Å². The van der Waals surface area contributed by atoms with Crippen LogP contribution in [0.25, 0.3) is 22.0 Å². The summed E-state index contributed by atoms with van der Waals surface area (Å²) < 4.78 is 5.27. The van der Waals surface area contributed by atoms with Crippen molar-refractivity contribution in [3.63, 3.8) is 0 Å². The Morgan fingerprint density at radius 3 is 2.69 bits per heavy atom. The van der Waals surface area contributed by atoms with Crippen molar-refractivity contribution < 1.29 is 14.6 Å². The molecular formula is C28H28ClN3O3. The Morgan fingerprint density at radius 1 is 1.11 bits per heavy atom. The van der Waals surface area contributed by atoms with Crippen molar-refractivity contribution in [3.8, 4) is 22.6 Å². The van der Waals surface area contributed by atoms with E-state index in [4.69, 9.17) is 16.3 Å². The van der Waals surface area contributed by atoms with Gasteiger partial charge >= 0.3 is 0 Å². The van der Waals surface area contributed by atoms with Gasteiger partial charge in [0.2, 0.25) is 0 Å². The third kappa shape index (κ3) is 5.56. The molecule has 0 atom stereocenters. The molecule has 0 aliphatic heterocycles. The summed E-state index contributed by atoms with van der Waals surface area (Å²) in [6.07, 6.45) is 3.81. The van der Waals surface area contributed by atoms with Crippen LogP contribution in [0.1, 0.15) is 11.1 Å². The Morgan fingerprint density at radius 2 is 1.94 bits per heavy atom. The van der Waals surface area contributed by atoms with Gasteiger partial charge in [0.25, 0.3) is 0 Å². The lowest BCUT2D eigenvalue weighted by Gasteiger charge is -2.16. The number of anilines is 2. The van der Waals surface area contributed by atoms with Crippen LogP contribution in [0.2, 0.25) is 5.02 Å². The first kappa shape index (κ1) is 24.5. The molecule has 0 unspecified atom stereocenters. The van der Waals surface area contributed by atoms with E-state index in [1.807, 2.05) is 30.3 Å². The fourth-order valence-corrected chi connectivity index (χ4v) is 4.21. The average molecular weight is 490 g/mol. The van der Waals surface area contributed by atoms with Crippen molar-refractivity contribution >= 4 is 40.2 Å². The summed E-state index contributed by atoms with van der Waals surface area (Å²) in [5.74, 6) is 0.207. The third-order valence-electron chi connectivity index (χ3n) is 5.88. The number of carbonyl (C=O) groups is 1. The minimum absolute atomic E-state index is 0.0925. The van der Waals surface area contributed by atoms with Crippen molar-refractivity contribution in [2.75, 3.05) is 33.1 Å². The van der Waals surface area contributed by atoms with Crippen LogP contribution in [-0.4, -0.2) is 49.0 Å². The summed E-state index contributed by atoms with van der Waals surface area (Å²) in [5.41, 5.74) is 6.29. The first-order chi connectivity index (χ1) is 16.9. The monoisotopic (exact) mass is 489 g/mol. The lowest BCUT2D eigenvalue weighted by Crippen LogP contribution is -2.15. The number of carbonyl (C=O) groups excluding carboxylic acids is 1. The molecule has 0 aliphatic carbocycles. The molecule has 6 nitrogen and oxygen atoms in total. The number of pyridine rings is 1. The van der Waals surface area contributed by atoms with Gasteiger partial charge in [-0.1, -0.05) is 29.8 Å². The Balaban J connectivity index is 1.80.